The number of hydrogen-bond acceptors (Lipinski definition) is 6. The van der Waals surface area contributed by atoms with E-state index in [-0.39, 0.29) is 6.61 Å². The van der Waals surface area contributed by atoms with E-state index < -0.39 is 5.97 Å². The van der Waals surface area contributed by atoms with Crippen molar-refractivity contribution in [2.24, 2.45) is 0 Å². The standard InChI is InChI=1S/C32H30N2O4S/c1-24-22-28(13-16-31(24)38-23-32(35)36-2)37-21-17-30(27-11-14-29(39-3)15-12-27)26-9-7-25(8-10-26)6-4-19-34-20-5-18-33-34/h5,7-18,20,22H,19,21,23H2,1-3H3/b30-17+. The second-order valence-electron chi connectivity index (χ2n) is 8.53. The molecule has 6 nitrogen and oxygen atoms in total. The molecule has 0 radical (unpaired) electrons. The van der Waals surface area contributed by atoms with Crippen molar-refractivity contribution in [2.45, 2.75) is 18.4 Å². The van der Waals surface area contributed by atoms with Crippen molar-refractivity contribution in [3.8, 4) is 23.3 Å². The summed E-state index contributed by atoms with van der Waals surface area (Å²) in [6.07, 6.45) is 7.80. The summed E-state index contributed by atoms with van der Waals surface area (Å²) in [4.78, 5) is 12.6. The van der Waals surface area contributed by atoms with Gasteiger partial charge in [0, 0.05) is 22.9 Å². The van der Waals surface area contributed by atoms with Gasteiger partial charge < -0.3 is 14.2 Å². The van der Waals surface area contributed by atoms with Gasteiger partial charge in [0.15, 0.2) is 6.61 Å². The lowest BCUT2D eigenvalue weighted by atomic mass is 9.97. The van der Waals surface area contributed by atoms with Crippen LogP contribution < -0.4 is 9.47 Å². The summed E-state index contributed by atoms with van der Waals surface area (Å²) in [5, 5.41) is 4.18. The Labute approximate surface area is 233 Å². The first-order valence-corrected chi connectivity index (χ1v) is 13.6. The van der Waals surface area contributed by atoms with Crippen LogP contribution in [0.25, 0.3) is 5.57 Å². The van der Waals surface area contributed by atoms with E-state index in [1.807, 2.05) is 43.5 Å². The predicted molar refractivity (Wildman–Crippen MR) is 155 cm³/mol. The summed E-state index contributed by atoms with van der Waals surface area (Å²) >= 11 is 1.72. The third-order valence-corrected chi connectivity index (χ3v) is 6.63. The summed E-state index contributed by atoms with van der Waals surface area (Å²) in [6, 6.07) is 24.2. The Balaban J connectivity index is 1.49. The molecule has 0 saturated carbocycles. The van der Waals surface area contributed by atoms with Gasteiger partial charge in [0.05, 0.1) is 7.11 Å². The summed E-state index contributed by atoms with van der Waals surface area (Å²) in [5.41, 5.74) is 5.09. The smallest absolute Gasteiger partial charge is 0.343 e. The van der Waals surface area contributed by atoms with E-state index in [9.17, 15) is 4.79 Å². The lowest BCUT2D eigenvalue weighted by Crippen LogP contribution is -2.13. The number of thioether (sulfide) groups is 1. The van der Waals surface area contributed by atoms with E-state index in [1.165, 1.54) is 12.0 Å². The molecule has 1 aromatic heterocycles. The van der Waals surface area contributed by atoms with Crippen LogP contribution in [0.2, 0.25) is 0 Å². The number of carbonyl (C=O) groups is 1. The number of aromatic nitrogens is 2. The number of aryl methyl sites for hydroxylation is 1. The molecule has 1 heterocycles. The molecule has 0 amide bonds. The summed E-state index contributed by atoms with van der Waals surface area (Å²) in [6.45, 7) is 2.71. The van der Waals surface area contributed by atoms with E-state index in [0.717, 1.165) is 27.8 Å². The van der Waals surface area contributed by atoms with Crippen LogP contribution in [0.3, 0.4) is 0 Å². The topological polar surface area (TPSA) is 62.6 Å². The molecular formula is C32H30N2O4S. The average molecular weight is 539 g/mol. The minimum absolute atomic E-state index is 0.131. The van der Waals surface area contributed by atoms with Crippen LogP contribution in [0.15, 0.2) is 96.2 Å². The number of rotatable bonds is 10. The fourth-order valence-corrected chi connectivity index (χ4v) is 4.22. The first-order chi connectivity index (χ1) is 19.1. The van der Waals surface area contributed by atoms with Crippen molar-refractivity contribution in [3.05, 3.63) is 114 Å². The molecule has 3 aromatic carbocycles. The summed E-state index contributed by atoms with van der Waals surface area (Å²) in [7, 11) is 1.33. The zero-order valence-electron chi connectivity index (χ0n) is 22.2. The van der Waals surface area contributed by atoms with Crippen LogP contribution in [-0.4, -0.2) is 42.3 Å². The van der Waals surface area contributed by atoms with Gasteiger partial charge in [-0.25, -0.2) is 4.79 Å². The third kappa shape index (κ3) is 8.03. The molecule has 0 aliphatic carbocycles. The molecular weight excluding hydrogens is 508 g/mol. The van der Waals surface area contributed by atoms with E-state index >= 15 is 0 Å². The maximum atomic E-state index is 11.4. The van der Waals surface area contributed by atoms with Crippen LogP contribution in [0.5, 0.6) is 11.5 Å². The number of carbonyl (C=O) groups excluding carboxylic acids is 1. The number of nitrogens with zero attached hydrogens (tertiary/aromatic N) is 2. The number of hydrogen-bond donors (Lipinski definition) is 0. The van der Waals surface area contributed by atoms with Gasteiger partial charge in [-0.1, -0.05) is 36.1 Å². The first kappa shape index (κ1) is 27.6. The van der Waals surface area contributed by atoms with E-state index in [0.29, 0.717) is 24.7 Å². The van der Waals surface area contributed by atoms with Crippen molar-refractivity contribution in [1.82, 2.24) is 9.78 Å². The second kappa shape index (κ2) is 13.9. The van der Waals surface area contributed by atoms with Gasteiger partial charge in [-0.3, -0.25) is 4.68 Å². The molecule has 39 heavy (non-hydrogen) atoms. The van der Waals surface area contributed by atoms with Gasteiger partial charge >= 0.3 is 5.97 Å². The quantitative estimate of drug-likeness (QED) is 0.140. The molecule has 0 aliphatic heterocycles. The molecule has 0 fully saturated rings. The van der Waals surface area contributed by atoms with Crippen LogP contribution in [0.1, 0.15) is 22.3 Å². The summed E-state index contributed by atoms with van der Waals surface area (Å²) in [5.74, 6) is 7.27. The van der Waals surface area contributed by atoms with Crippen molar-refractivity contribution in [2.75, 3.05) is 26.6 Å². The maximum Gasteiger partial charge on any atom is 0.343 e. The van der Waals surface area contributed by atoms with Crippen molar-refractivity contribution < 1.29 is 19.0 Å². The largest absolute Gasteiger partial charge is 0.489 e. The van der Waals surface area contributed by atoms with Crippen LogP contribution in [0, 0.1) is 18.8 Å². The minimum atomic E-state index is -0.424. The van der Waals surface area contributed by atoms with Gasteiger partial charge in [-0.2, -0.15) is 5.10 Å². The molecule has 4 aromatic rings. The highest BCUT2D eigenvalue weighted by Gasteiger charge is 2.08. The van der Waals surface area contributed by atoms with E-state index in [4.69, 9.17) is 9.47 Å². The van der Waals surface area contributed by atoms with Gasteiger partial charge in [-0.15, -0.1) is 11.8 Å². The molecule has 0 saturated heterocycles. The average Bonchev–Trinajstić information content (AvgIpc) is 3.49. The first-order valence-electron chi connectivity index (χ1n) is 12.4. The molecule has 198 valence electrons. The molecule has 0 spiro atoms. The highest BCUT2D eigenvalue weighted by molar-refractivity contribution is 7.98. The third-order valence-electron chi connectivity index (χ3n) is 5.89. The second-order valence-corrected chi connectivity index (χ2v) is 9.41. The Kier molecular flexibility index (Phi) is 9.87. The monoisotopic (exact) mass is 538 g/mol. The number of esters is 1. The number of ether oxygens (including phenoxy) is 3. The van der Waals surface area contributed by atoms with E-state index in [1.54, 1.807) is 28.7 Å². The lowest BCUT2D eigenvalue weighted by Gasteiger charge is -2.12. The maximum absolute atomic E-state index is 11.4. The van der Waals surface area contributed by atoms with Gasteiger partial charge in [-0.05, 0) is 90.0 Å². The van der Waals surface area contributed by atoms with Crippen molar-refractivity contribution in [3.63, 3.8) is 0 Å². The van der Waals surface area contributed by atoms with E-state index in [2.05, 4.69) is 70.4 Å². The van der Waals surface area contributed by atoms with Gasteiger partial charge in [0.25, 0.3) is 0 Å². The Bertz CT molecular complexity index is 1470. The zero-order valence-corrected chi connectivity index (χ0v) is 23.0. The number of methoxy groups -OCH3 is 1. The van der Waals surface area contributed by atoms with Crippen LogP contribution in [-0.2, 0) is 16.1 Å². The van der Waals surface area contributed by atoms with Crippen LogP contribution >= 0.6 is 11.8 Å². The van der Waals surface area contributed by atoms with Gasteiger partial charge in [0.2, 0.25) is 0 Å². The SMILES string of the molecule is COC(=O)COc1ccc(OC/C=C(\c2ccc(C#CCn3cccn3)cc2)c2ccc(SC)cc2)cc1C. The molecule has 7 heteroatoms. The molecule has 4 rings (SSSR count). The zero-order chi connectivity index (χ0) is 27.5. The minimum Gasteiger partial charge on any atom is -0.489 e. The highest BCUT2D eigenvalue weighted by atomic mass is 32.2. The lowest BCUT2D eigenvalue weighted by molar-refractivity contribution is -0.142. The molecule has 0 N–H and O–H groups in total. The van der Waals surface area contributed by atoms with Crippen molar-refractivity contribution >= 4 is 23.3 Å². The fourth-order valence-electron chi connectivity index (χ4n) is 3.81. The molecule has 0 aliphatic rings. The molecule has 0 bridgehead atoms. The highest BCUT2D eigenvalue weighted by Crippen LogP contribution is 2.27. The Morgan fingerprint density at radius 2 is 1.77 bits per heavy atom. The van der Waals surface area contributed by atoms with Gasteiger partial charge in [0.1, 0.15) is 24.7 Å². The predicted octanol–water partition coefficient (Wildman–Crippen LogP) is 6.03. The fraction of sp³-hybridized carbons (Fsp3) is 0.188. The van der Waals surface area contributed by atoms with Crippen molar-refractivity contribution in [1.29, 1.82) is 0 Å². The Hall–Kier alpha value is -4.41. The molecule has 0 unspecified atom stereocenters. The Morgan fingerprint density at radius 3 is 2.41 bits per heavy atom. The normalized spacial score (nSPS) is 10.9. The summed E-state index contributed by atoms with van der Waals surface area (Å²) < 4.78 is 18.0. The molecule has 0 atom stereocenters. The number of benzene rings is 3. The Morgan fingerprint density at radius 1 is 1.03 bits per heavy atom. The van der Waals surface area contributed by atoms with Crippen LogP contribution in [0.4, 0.5) is 0 Å².